The summed E-state index contributed by atoms with van der Waals surface area (Å²) in [5, 5.41) is 4.80. The molecule has 2 aromatic heterocycles. The molecule has 2 aromatic carbocycles. The van der Waals surface area contributed by atoms with Crippen molar-refractivity contribution in [3.8, 4) is 11.4 Å². The molecule has 1 N–H and O–H groups in total. The van der Waals surface area contributed by atoms with Crippen molar-refractivity contribution in [2.45, 2.75) is 32.4 Å². The topological polar surface area (TPSA) is 48.2 Å². The molecule has 0 saturated carbocycles. The van der Waals surface area contributed by atoms with Gasteiger partial charge in [-0.25, -0.2) is 0 Å². The fraction of sp³-hybridized carbons (Fsp3) is 0.269. The quantitative estimate of drug-likeness (QED) is 0.543. The van der Waals surface area contributed by atoms with Crippen LogP contribution >= 0.6 is 0 Å². The van der Waals surface area contributed by atoms with E-state index in [-0.39, 0.29) is 11.0 Å². The van der Waals surface area contributed by atoms with E-state index in [0.717, 1.165) is 29.9 Å². The van der Waals surface area contributed by atoms with E-state index in [0.29, 0.717) is 12.4 Å². The number of ether oxygens (including phenoxy) is 1. The zero-order valence-corrected chi connectivity index (χ0v) is 18.2. The highest BCUT2D eigenvalue weighted by Crippen LogP contribution is 2.38. The Morgan fingerprint density at radius 1 is 1.06 bits per heavy atom. The second-order valence-electron chi connectivity index (χ2n) is 8.91. The SMILES string of the molecule is Cn1c2c(c3ccc(-n4ccc(OCc5ccccc5)cc4=O)cc31)C(C)(C)CNC2. The first-order valence-corrected chi connectivity index (χ1v) is 10.7. The van der Waals surface area contributed by atoms with Crippen molar-refractivity contribution in [2.75, 3.05) is 6.54 Å². The van der Waals surface area contributed by atoms with Crippen LogP contribution in [0.2, 0.25) is 0 Å². The van der Waals surface area contributed by atoms with Gasteiger partial charge in [-0.1, -0.05) is 50.2 Å². The van der Waals surface area contributed by atoms with E-state index < -0.39 is 0 Å². The number of pyridine rings is 1. The highest BCUT2D eigenvalue weighted by atomic mass is 16.5. The molecule has 158 valence electrons. The summed E-state index contributed by atoms with van der Waals surface area (Å²) in [5.41, 5.74) is 5.77. The van der Waals surface area contributed by atoms with Gasteiger partial charge in [0.15, 0.2) is 0 Å². The van der Waals surface area contributed by atoms with Gasteiger partial charge in [0.25, 0.3) is 5.56 Å². The maximum Gasteiger partial charge on any atom is 0.258 e. The highest BCUT2D eigenvalue weighted by molar-refractivity contribution is 5.88. The molecule has 1 aliphatic heterocycles. The third-order valence-electron chi connectivity index (χ3n) is 6.26. The molecule has 5 nitrogen and oxygen atoms in total. The normalized spacial score (nSPS) is 15.1. The Labute approximate surface area is 181 Å². The second-order valence-corrected chi connectivity index (χ2v) is 8.91. The number of nitrogens with zero attached hydrogens (tertiary/aromatic N) is 2. The number of hydrogen-bond acceptors (Lipinski definition) is 3. The summed E-state index contributed by atoms with van der Waals surface area (Å²) in [4.78, 5) is 12.8. The summed E-state index contributed by atoms with van der Waals surface area (Å²) in [6.45, 7) is 6.83. The first-order chi connectivity index (χ1) is 14.9. The molecule has 0 aliphatic carbocycles. The number of aryl methyl sites for hydroxylation is 1. The number of benzene rings is 2. The van der Waals surface area contributed by atoms with Crippen molar-refractivity contribution >= 4 is 10.9 Å². The third kappa shape index (κ3) is 3.45. The molecular formula is C26H27N3O2. The van der Waals surface area contributed by atoms with Gasteiger partial charge in [0.1, 0.15) is 12.4 Å². The van der Waals surface area contributed by atoms with Crippen LogP contribution < -0.4 is 15.6 Å². The Morgan fingerprint density at radius 2 is 1.87 bits per heavy atom. The van der Waals surface area contributed by atoms with Crippen LogP contribution in [0, 0.1) is 0 Å². The van der Waals surface area contributed by atoms with Crippen LogP contribution in [-0.2, 0) is 25.6 Å². The van der Waals surface area contributed by atoms with Crippen LogP contribution in [0.3, 0.4) is 0 Å². The maximum atomic E-state index is 12.8. The summed E-state index contributed by atoms with van der Waals surface area (Å²) in [7, 11) is 2.11. The predicted molar refractivity (Wildman–Crippen MR) is 124 cm³/mol. The Kier molecular flexibility index (Phi) is 4.71. The molecule has 0 bridgehead atoms. The largest absolute Gasteiger partial charge is 0.489 e. The zero-order chi connectivity index (χ0) is 21.6. The minimum atomic E-state index is -0.106. The van der Waals surface area contributed by atoms with Crippen molar-refractivity contribution in [3.63, 3.8) is 0 Å². The van der Waals surface area contributed by atoms with Crippen LogP contribution in [0.1, 0.15) is 30.7 Å². The van der Waals surface area contributed by atoms with Crippen LogP contribution in [0.4, 0.5) is 0 Å². The first-order valence-electron chi connectivity index (χ1n) is 10.7. The van der Waals surface area contributed by atoms with Crippen molar-refractivity contribution in [1.29, 1.82) is 0 Å². The van der Waals surface area contributed by atoms with E-state index >= 15 is 0 Å². The molecule has 0 atom stereocenters. The molecular weight excluding hydrogens is 386 g/mol. The Bertz CT molecular complexity index is 1320. The molecule has 0 saturated heterocycles. The highest BCUT2D eigenvalue weighted by Gasteiger charge is 2.32. The van der Waals surface area contributed by atoms with Gasteiger partial charge >= 0.3 is 0 Å². The van der Waals surface area contributed by atoms with E-state index in [1.54, 1.807) is 16.8 Å². The van der Waals surface area contributed by atoms with E-state index in [1.807, 2.05) is 42.5 Å². The molecule has 3 heterocycles. The molecule has 31 heavy (non-hydrogen) atoms. The van der Waals surface area contributed by atoms with Gasteiger partial charge in [-0.15, -0.1) is 0 Å². The van der Waals surface area contributed by atoms with Gasteiger partial charge < -0.3 is 14.6 Å². The summed E-state index contributed by atoms with van der Waals surface area (Å²) in [5.74, 6) is 0.577. The van der Waals surface area contributed by atoms with Gasteiger partial charge in [-0.05, 0) is 29.3 Å². The molecule has 5 rings (SSSR count). The first kappa shape index (κ1) is 19.6. The van der Waals surface area contributed by atoms with Crippen LogP contribution in [-0.4, -0.2) is 15.7 Å². The van der Waals surface area contributed by atoms with E-state index in [2.05, 4.69) is 42.9 Å². The number of rotatable bonds is 4. The smallest absolute Gasteiger partial charge is 0.258 e. The number of nitrogens with one attached hydrogen (secondary N) is 1. The van der Waals surface area contributed by atoms with Crippen molar-refractivity contribution in [1.82, 2.24) is 14.5 Å². The van der Waals surface area contributed by atoms with Gasteiger partial charge in [0.2, 0.25) is 0 Å². The summed E-state index contributed by atoms with van der Waals surface area (Å²) >= 11 is 0. The molecule has 0 fully saturated rings. The van der Waals surface area contributed by atoms with E-state index in [1.165, 1.54) is 16.6 Å². The fourth-order valence-corrected chi connectivity index (χ4v) is 4.68. The summed E-state index contributed by atoms with van der Waals surface area (Å²) in [6, 6.07) is 19.6. The lowest BCUT2D eigenvalue weighted by Crippen LogP contribution is -2.38. The molecule has 4 aromatic rings. The van der Waals surface area contributed by atoms with Crippen LogP contribution in [0.25, 0.3) is 16.6 Å². The van der Waals surface area contributed by atoms with Crippen molar-refractivity contribution < 1.29 is 4.74 Å². The van der Waals surface area contributed by atoms with Crippen molar-refractivity contribution in [2.24, 2.45) is 7.05 Å². The molecule has 5 heteroatoms. The Morgan fingerprint density at radius 3 is 2.65 bits per heavy atom. The Hall–Kier alpha value is -3.31. The number of hydrogen-bond donors (Lipinski definition) is 1. The molecule has 1 aliphatic rings. The molecule has 0 spiro atoms. The zero-order valence-electron chi connectivity index (χ0n) is 18.2. The average molecular weight is 414 g/mol. The third-order valence-corrected chi connectivity index (χ3v) is 6.26. The van der Waals surface area contributed by atoms with Gasteiger partial charge in [-0.3, -0.25) is 9.36 Å². The predicted octanol–water partition coefficient (Wildman–Crippen LogP) is 4.29. The fourth-order valence-electron chi connectivity index (χ4n) is 4.68. The average Bonchev–Trinajstić information content (AvgIpc) is 3.06. The molecule has 0 unspecified atom stereocenters. The minimum Gasteiger partial charge on any atom is -0.489 e. The lowest BCUT2D eigenvalue weighted by molar-refractivity contribution is 0.305. The molecule has 0 amide bonds. The minimum absolute atomic E-state index is 0.0726. The van der Waals surface area contributed by atoms with Crippen LogP contribution in [0.15, 0.2) is 71.7 Å². The second kappa shape index (κ2) is 7.43. The lowest BCUT2D eigenvalue weighted by Gasteiger charge is -2.31. The van der Waals surface area contributed by atoms with Crippen LogP contribution in [0.5, 0.6) is 5.75 Å². The molecule has 0 radical (unpaired) electrons. The number of aromatic nitrogens is 2. The van der Waals surface area contributed by atoms with Gasteiger partial charge in [-0.2, -0.15) is 0 Å². The van der Waals surface area contributed by atoms with E-state index in [4.69, 9.17) is 4.74 Å². The summed E-state index contributed by atoms with van der Waals surface area (Å²) < 4.78 is 9.73. The Balaban J connectivity index is 1.48. The summed E-state index contributed by atoms with van der Waals surface area (Å²) in [6.07, 6.45) is 1.79. The number of fused-ring (bicyclic) bond motifs is 3. The lowest BCUT2D eigenvalue weighted by atomic mass is 9.80. The van der Waals surface area contributed by atoms with E-state index in [9.17, 15) is 4.79 Å². The standard InChI is InChI=1S/C26H27N3O2/c1-26(2)17-27-15-23-25(26)21-10-9-19(13-22(21)28(23)3)29-12-11-20(14-24(29)30)31-16-18-7-5-4-6-8-18/h4-14,27H,15-17H2,1-3H3. The van der Waals surface area contributed by atoms with Gasteiger partial charge in [0, 0.05) is 48.9 Å². The van der Waals surface area contributed by atoms with Gasteiger partial charge in [0.05, 0.1) is 11.2 Å². The van der Waals surface area contributed by atoms with Crippen molar-refractivity contribution in [3.05, 3.63) is 94.0 Å². The monoisotopic (exact) mass is 413 g/mol. The maximum absolute atomic E-state index is 12.8.